The molecule has 2 aromatic rings. The smallest absolute Gasteiger partial charge is 0.319 e. The van der Waals surface area contributed by atoms with E-state index in [-0.39, 0.29) is 5.69 Å². The molecule has 0 saturated heterocycles. The van der Waals surface area contributed by atoms with Crippen LogP contribution in [0.5, 0.6) is 5.75 Å². The van der Waals surface area contributed by atoms with Crippen molar-refractivity contribution in [3.63, 3.8) is 0 Å². The predicted molar refractivity (Wildman–Crippen MR) is 103 cm³/mol. The van der Waals surface area contributed by atoms with Gasteiger partial charge in [0.25, 0.3) is 11.6 Å². The maximum atomic E-state index is 12.6. The summed E-state index contributed by atoms with van der Waals surface area (Å²) in [5.41, 5.74) is 1.23. The van der Waals surface area contributed by atoms with E-state index in [4.69, 9.17) is 9.47 Å². The third kappa shape index (κ3) is 3.89. The highest BCUT2D eigenvalue weighted by molar-refractivity contribution is 8.14. The highest BCUT2D eigenvalue weighted by Crippen LogP contribution is 2.43. The lowest BCUT2D eigenvalue weighted by atomic mass is 9.97. The minimum atomic E-state index is -1.13. The molecule has 0 fully saturated rings. The number of nitro groups is 1. The third-order valence-electron chi connectivity index (χ3n) is 4.24. The summed E-state index contributed by atoms with van der Waals surface area (Å²) in [5.74, 6) is -1.77. The number of methoxy groups -OCH3 is 2. The minimum Gasteiger partial charge on any atom is -0.497 e. The van der Waals surface area contributed by atoms with Gasteiger partial charge in [-0.3, -0.25) is 19.7 Å². The Labute approximate surface area is 164 Å². The van der Waals surface area contributed by atoms with Crippen LogP contribution in [0.1, 0.15) is 16.4 Å². The van der Waals surface area contributed by atoms with E-state index in [0.717, 1.165) is 0 Å². The first-order chi connectivity index (χ1) is 13.4. The lowest BCUT2D eigenvalue weighted by molar-refractivity contribution is -0.384. The number of hydrogen-bond donors (Lipinski definition) is 0. The van der Waals surface area contributed by atoms with Crippen LogP contribution in [0.2, 0.25) is 0 Å². The lowest BCUT2D eigenvalue weighted by Crippen LogP contribution is -2.33. The van der Waals surface area contributed by atoms with E-state index < -0.39 is 28.0 Å². The van der Waals surface area contributed by atoms with Gasteiger partial charge in [-0.1, -0.05) is 23.9 Å². The largest absolute Gasteiger partial charge is 0.497 e. The van der Waals surface area contributed by atoms with Gasteiger partial charge in [0.1, 0.15) is 10.8 Å². The Morgan fingerprint density at radius 3 is 2.29 bits per heavy atom. The number of nitro benzene ring substituents is 1. The van der Waals surface area contributed by atoms with Crippen LogP contribution < -0.4 is 4.74 Å². The van der Waals surface area contributed by atoms with Crippen LogP contribution in [0.4, 0.5) is 5.69 Å². The number of nitrogens with zero attached hydrogens (tertiary/aromatic N) is 2. The number of thioether (sulfide) groups is 1. The zero-order valence-corrected chi connectivity index (χ0v) is 15.8. The zero-order valence-electron chi connectivity index (χ0n) is 15.0. The number of benzene rings is 2. The third-order valence-corrected chi connectivity index (χ3v) is 5.59. The van der Waals surface area contributed by atoms with Crippen molar-refractivity contribution in [1.82, 2.24) is 0 Å². The molecule has 0 aliphatic carbocycles. The van der Waals surface area contributed by atoms with Crippen LogP contribution in [0.3, 0.4) is 0 Å². The summed E-state index contributed by atoms with van der Waals surface area (Å²) in [6, 6.07) is 12.8. The first-order valence-electron chi connectivity index (χ1n) is 8.20. The highest BCUT2D eigenvalue weighted by Gasteiger charge is 2.41. The summed E-state index contributed by atoms with van der Waals surface area (Å²) >= 11 is 1.24. The van der Waals surface area contributed by atoms with Gasteiger partial charge in [-0.15, -0.1) is 0 Å². The van der Waals surface area contributed by atoms with E-state index >= 15 is 0 Å². The molecule has 2 aromatic carbocycles. The minimum absolute atomic E-state index is 0.0745. The van der Waals surface area contributed by atoms with Crippen molar-refractivity contribution in [2.24, 2.45) is 10.9 Å². The number of carbonyl (C=O) groups excluding carboxylic acids is 2. The van der Waals surface area contributed by atoms with Crippen molar-refractivity contribution in [2.75, 3.05) is 14.2 Å². The fourth-order valence-electron chi connectivity index (χ4n) is 2.78. The molecule has 144 valence electrons. The normalized spacial score (nSPS) is 18.9. The quantitative estimate of drug-likeness (QED) is 0.328. The Morgan fingerprint density at radius 1 is 1.11 bits per heavy atom. The Morgan fingerprint density at radius 2 is 1.75 bits per heavy atom. The average Bonchev–Trinajstić information content (AvgIpc) is 2.72. The van der Waals surface area contributed by atoms with E-state index in [1.807, 2.05) is 0 Å². The van der Waals surface area contributed by atoms with Gasteiger partial charge < -0.3 is 9.47 Å². The van der Waals surface area contributed by atoms with Gasteiger partial charge >= 0.3 is 5.97 Å². The molecule has 1 aliphatic rings. The molecule has 1 aliphatic heterocycles. The molecule has 0 bridgehead atoms. The van der Waals surface area contributed by atoms with Gasteiger partial charge in [-0.05, 0) is 29.8 Å². The van der Waals surface area contributed by atoms with Crippen LogP contribution in [0.25, 0.3) is 0 Å². The maximum Gasteiger partial charge on any atom is 0.319 e. The summed E-state index contributed by atoms with van der Waals surface area (Å²) < 4.78 is 9.91. The SMILES string of the molecule is COC(=O)C1C(=O)N=C(c2ccc(OC)cc2)SC1c1ccc([N+](=O)[O-])cc1. The average molecular weight is 400 g/mol. The second-order valence-corrected chi connectivity index (χ2v) is 7.00. The number of aliphatic imine (C=N–C) groups is 1. The van der Waals surface area contributed by atoms with E-state index in [2.05, 4.69) is 4.99 Å². The van der Waals surface area contributed by atoms with Crippen molar-refractivity contribution in [3.8, 4) is 5.75 Å². The van der Waals surface area contributed by atoms with Crippen molar-refractivity contribution in [1.29, 1.82) is 0 Å². The molecule has 0 spiro atoms. The molecular formula is C19H16N2O6S. The van der Waals surface area contributed by atoms with Gasteiger partial charge in [0.05, 0.1) is 24.4 Å². The summed E-state index contributed by atoms with van der Waals surface area (Å²) in [6.45, 7) is 0. The van der Waals surface area contributed by atoms with Gasteiger partial charge in [-0.2, -0.15) is 0 Å². The van der Waals surface area contributed by atoms with Crippen LogP contribution in [-0.2, 0) is 14.3 Å². The number of rotatable bonds is 5. The first kappa shape index (κ1) is 19.6. The monoisotopic (exact) mass is 400 g/mol. The molecule has 28 heavy (non-hydrogen) atoms. The fraction of sp³-hybridized carbons (Fsp3) is 0.211. The van der Waals surface area contributed by atoms with Crippen molar-refractivity contribution in [2.45, 2.75) is 5.25 Å². The molecular weight excluding hydrogens is 384 g/mol. The molecule has 2 unspecified atom stereocenters. The summed E-state index contributed by atoms with van der Waals surface area (Å²) in [6.07, 6.45) is 0. The second kappa shape index (κ2) is 8.22. The summed E-state index contributed by atoms with van der Waals surface area (Å²) in [5, 5.41) is 10.7. The lowest BCUT2D eigenvalue weighted by Gasteiger charge is -2.27. The Bertz CT molecular complexity index is 940. The highest BCUT2D eigenvalue weighted by atomic mass is 32.2. The molecule has 9 heteroatoms. The summed E-state index contributed by atoms with van der Waals surface area (Å²) in [4.78, 5) is 39.3. The second-order valence-electron chi connectivity index (χ2n) is 5.87. The van der Waals surface area contributed by atoms with Crippen LogP contribution in [0.15, 0.2) is 53.5 Å². The van der Waals surface area contributed by atoms with Crippen LogP contribution in [-0.4, -0.2) is 36.1 Å². The van der Waals surface area contributed by atoms with E-state index in [1.165, 1.54) is 43.1 Å². The number of non-ortho nitro benzene ring substituents is 1. The van der Waals surface area contributed by atoms with Crippen molar-refractivity contribution >= 4 is 34.4 Å². The molecule has 0 aromatic heterocycles. The van der Waals surface area contributed by atoms with Gasteiger partial charge in [-0.25, -0.2) is 4.99 Å². The maximum absolute atomic E-state index is 12.6. The van der Waals surface area contributed by atoms with E-state index in [1.54, 1.807) is 31.4 Å². The Balaban J connectivity index is 1.99. The van der Waals surface area contributed by atoms with Crippen molar-refractivity contribution < 1.29 is 24.0 Å². The molecule has 0 saturated carbocycles. The molecule has 1 amide bonds. The Hall–Kier alpha value is -3.20. The molecule has 8 nitrogen and oxygen atoms in total. The first-order valence-corrected chi connectivity index (χ1v) is 9.08. The number of hydrogen-bond acceptors (Lipinski definition) is 7. The zero-order chi connectivity index (χ0) is 20.3. The molecule has 3 rings (SSSR count). The van der Waals surface area contributed by atoms with E-state index in [9.17, 15) is 19.7 Å². The van der Waals surface area contributed by atoms with Gasteiger partial charge in [0.2, 0.25) is 0 Å². The number of carbonyl (C=O) groups is 2. The predicted octanol–water partition coefficient (Wildman–Crippen LogP) is 3.15. The topological polar surface area (TPSA) is 108 Å². The van der Waals surface area contributed by atoms with Crippen LogP contribution in [0, 0.1) is 16.0 Å². The number of ether oxygens (including phenoxy) is 2. The van der Waals surface area contributed by atoms with Crippen LogP contribution >= 0.6 is 11.8 Å². The molecule has 0 N–H and O–H groups in total. The van der Waals surface area contributed by atoms with Gasteiger partial charge in [0, 0.05) is 17.7 Å². The molecule has 0 radical (unpaired) electrons. The molecule has 2 atom stereocenters. The molecule has 1 heterocycles. The van der Waals surface area contributed by atoms with Gasteiger partial charge in [0.15, 0.2) is 5.92 Å². The van der Waals surface area contributed by atoms with Crippen molar-refractivity contribution in [3.05, 3.63) is 69.8 Å². The van der Waals surface area contributed by atoms with E-state index in [0.29, 0.717) is 21.9 Å². The Kier molecular flexibility index (Phi) is 5.74. The fourth-order valence-corrected chi connectivity index (χ4v) is 4.09. The number of amides is 1. The standard InChI is InChI=1S/C19H16N2O6S/c1-26-14-9-5-12(6-10-14)18-20-17(22)15(19(23)27-2)16(28-18)11-3-7-13(8-4-11)21(24)25/h3-10,15-16H,1-2H3. The summed E-state index contributed by atoms with van der Waals surface area (Å²) in [7, 11) is 2.76. The number of esters is 1.